The summed E-state index contributed by atoms with van der Waals surface area (Å²) in [7, 11) is 1.65. The zero-order valence-corrected chi connectivity index (χ0v) is 14.9. The van der Waals surface area contributed by atoms with Crippen LogP contribution in [0.3, 0.4) is 0 Å². The number of nitrogens with zero attached hydrogens (tertiary/aromatic N) is 2. The number of aryl methyl sites for hydroxylation is 1. The van der Waals surface area contributed by atoms with Gasteiger partial charge in [0.1, 0.15) is 11.6 Å². The van der Waals surface area contributed by atoms with Crippen LogP contribution in [0, 0.1) is 11.7 Å². The van der Waals surface area contributed by atoms with Gasteiger partial charge in [-0.1, -0.05) is 19.1 Å². The fourth-order valence-corrected chi connectivity index (χ4v) is 4.02. The van der Waals surface area contributed by atoms with Crippen LogP contribution in [0.2, 0.25) is 0 Å². The zero-order valence-electron chi connectivity index (χ0n) is 14.9. The molecule has 1 aliphatic heterocycles. The van der Waals surface area contributed by atoms with Crippen molar-refractivity contribution in [3.05, 3.63) is 65.0 Å². The molecule has 2 unspecified atom stereocenters. The summed E-state index contributed by atoms with van der Waals surface area (Å²) in [6, 6.07) is 12.2. The van der Waals surface area contributed by atoms with Crippen molar-refractivity contribution in [1.82, 2.24) is 5.01 Å². The van der Waals surface area contributed by atoms with Crippen molar-refractivity contribution in [2.45, 2.75) is 32.2 Å². The minimum atomic E-state index is -0.291. The summed E-state index contributed by atoms with van der Waals surface area (Å²) in [4.78, 5) is 12.5. The number of hydrogen-bond acceptors (Lipinski definition) is 3. The lowest BCUT2D eigenvalue weighted by molar-refractivity contribution is -0.133. The molecule has 4 nitrogen and oxygen atoms in total. The van der Waals surface area contributed by atoms with Crippen molar-refractivity contribution in [3.63, 3.8) is 0 Å². The number of hydrogen-bond donors (Lipinski definition) is 0. The Bertz CT molecular complexity index is 893. The topological polar surface area (TPSA) is 41.9 Å². The van der Waals surface area contributed by atoms with Gasteiger partial charge in [-0.3, -0.25) is 4.79 Å². The fourth-order valence-electron chi connectivity index (χ4n) is 4.02. The molecular formula is C21H21FN2O2. The number of amides is 1. The molecule has 0 radical (unpaired) electrons. The average molecular weight is 352 g/mol. The molecule has 1 amide bonds. The fraction of sp³-hybridized carbons (Fsp3) is 0.333. The molecule has 0 saturated carbocycles. The molecule has 0 saturated heterocycles. The monoisotopic (exact) mass is 352 g/mol. The largest absolute Gasteiger partial charge is 0.497 e. The van der Waals surface area contributed by atoms with E-state index in [9.17, 15) is 9.18 Å². The zero-order chi connectivity index (χ0) is 18.3. The van der Waals surface area contributed by atoms with Gasteiger partial charge in [0.15, 0.2) is 0 Å². The smallest absolute Gasteiger partial charge is 0.242 e. The molecule has 26 heavy (non-hydrogen) atoms. The van der Waals surface area contributed by atoms with E-state index in [1.165, 1.54) is 17.7 Å². The Hall–Kier alpha value is -2.69. The summed E-state index contributed by atoms with van der Waals surface area (Å²) in [5, 5.41) is 6.27. The third-order valence-electron chi connectivity index (χ3n) is 5.27. The summed E-state index contributed by atoms with van der Waals surface area (Å²) in [6.45, 7) is 1.83. The van der Waals surface area contributed by atoms with Crippen molar-refractivity contribution in [2.24, 2.45) is 11.0 Å². The Morgan fingerprint density at radius 1 is 1.31 bits per heavy atom. The second kappa shape index (κ2) is 6.56. The van der Waals surface area contributed by atoms with Crippen LogP contribution >= 0.6 is 0 Å². The van der Waals surface area contributed by atoms with Crippen molar-refractivity contribution in [2.75, 3.05) is 7.11 Å². The van der Waals surface area contributed by atoms with E-state index in [1.807, 2.05) is 31.2 Å². The first-order chi connectivity index (χ1) is 12.6. The Labute approximate surface area is 152 Å². The van der Waals surface area contributed by atoms with Gasteiger partial charge in [0.2, 0.25) is 5.91 Å². The number of rotatable bonds is 3. The number of fused-ring (bicyclic) bond motifs is 3. The van der Waals surface area contributed by atoms with Crippen LogP contribution in [0.25, 0.3) is 0 Å². The molecule has 2 atom stereocenters. The lowest BCUT2D eigenvalue weighted by Gasteiger charge is -2.29. The molecule has 1 heterocycles. The molecule has 2 aliphatic rings. The first-order valence-corrected chi connectivity index (χ1v) is 8.95. The molecule has 4 rings (SSSR count). The third kappa shape index (κ3) is 2.68. The summed E-state index contributed by atoms with van der Waals surface area (Å²) in [5.41, 5.74) is 3.97. The van der Waals surface area contributed by atoms with Crippen LogP contribution in [0.4, 0.5) is 4.39 Å². The summed E-state index contributed by atoms with van der Waals surface area (Å²) < 4.78 is 19.1. The molecule has 1 aliphatic carbocycles. The second-order valence-electron chi connectivity index (χ2n) is 6.75. The van der Waals surface area contributed by atoms with Crippen LogP contribution in [0.15, 0.2) is 47.6 Å². The molecule has 5 heteroatoms. The van der Waals surface area contributed by atoms with Gasteiger partial charge < -0.3 is 4.74 Å². The van der Waals surface area contributed by atoms with Crippen LogP contribution < -0.4 is 4.74 Å². The average Bonchev–Trinajstić information content (AvgIpc) is 3.06. The van der Waals surface area contributed by atoms with Crippen LogP contribution in [0.1, 0.15) is 42.5 Å². The Morgan fingerprint density at radius 2 is 2.15 bits per heavy atom. The van der Waals surface area contributed by atoms with E-state index in [0.717, 1.165) is 35.4 Å². The maximum Gasteiger partial charge on any atom is 0.242 e. The van der Waals surface area contributed by atoms with Crippen LogP contribution in [0.5, 0.6) is 5.75 Å². The minimum absolute atomic E-state index is 0.0452. The molecule has 134 valence electrons. The predicted octanol–water partition coefficient (Wildman–Crippen LogP) is 4.09. The number of hydrazone groups is 1. The third-order valence-corrected chi connectivity index (χ3v) is 5.27. The maximum absolute atomic E-state index is 13.8. The van der Waals surface area contributed by atoms with Gasteiger partial charge in [0.25, 0.3) is 0 Å². The highest BCUT2D eigenvalue weighted by atomic mass is 19.1. The highest BCUT2D eigenvalue weighted by Gasteiger charge is 2.43. The van der Waals surface area contributed by atoms with E-state index in [0.29, 0.717) is 6.42 Å². The van der Waals surface area contributed by atoms with E-state index in [1.54, 1.807) is 18.2 Å². The first kappa shape index (κ1) is 16.8. The van der Waals surface area contributed by atoms with Crippen molar-refractivity contribution < 1.29 is 13.9 Å². The minimum Gasteiger partial charge on any atom is -0.497 e. The van der Waals surface area contributed by atoms with Crippen molar-refractivity contribution in [1.29, 1.82) is 0 Å². The molecule has 2 aromatic carbocycles. The van der Waals surface area contributed by atoms with Gasteiger partial charge >= 0.3 is 0 Å². The van der Waals surface area contributed by atoms with Gasteiger partial charge in [-0.15, -0.1) is 0 Å². The van der Waals surface area contributed by atoms with E-state index in [4.69, 9.17) is 9.84 Å². The Morgan fingerprint density at radius 3 is 2.88 bits per heavy atom. The van der Waals surface area contributed by atoms with E-state index >= 15 is 0 Å². The van der Waals surface area contributed by atoms with E-state index in [2.05, 4.69) is 0 Å². The molecule has 0 spiro atoms. The number of methoxy groups -OCH3 is 1. The lowest BCUT2D eigenvalue weighted by Crippen LogP contribution is -2.32. The normalized spacial score (nSPS) is 21.0. The van der Waals surface area contributed by atoms with E-state index < -0.39 is 0 Å². The molecule has 0 N–H and O–H groups in total. The highest BCUT2D eigenvalue weighted by molar-refractivity contribution is 6.07. The summed E-state index contributed by atoms with van der Waals surface area (Å²) in [5.74, 6) is 0.564. The lowest BCUT2D eigenvalue weighted by atomic mass is 9.77. The van der Waals surface area contributed by atoms with Crippen LogP contribution in [-0.2, 0) is 11.2 Å². The van der Waals surface area contributed by atoms with Gasteiger partial charge in [-0.2, -0.15) is 5.10 Å². The number of carbonyl (C=O) groups excluding carboxylic acids is 1. The molecule has 2 aromatic rings. The Balaban J connectivity index is 1.80. The number of benzene rings is 2. The molecule has 0 bridgehead atoms. The number of carbonyl (C=O) groups is 1. The van der Waals surface area contributed by atoms with Gasteiger partial charge in [0, 0.05) is 17.9 Å². The van der Waals surface area contributed by atoms with Gasteiger partial charge in [-0.05, 0) is 54.3 Å². The van der Waals surface area contributed by atoms with Crippen molar-refractivity contribution in [3.8, 4) is 5.75 Å². The Kier molecular flexibility index (Phi) is 4.23. The quantitative estimate of drug-likeness (QED) is 0.835. The highest BCUT2D eigenvalue weighted by Crippen LogP contribution is 2.44. The van der Waals surface area contributed by atoms with Crippen molar-refractivity contribution >= 4 is 11.6 Å². The maximum atomic E-state index is 13.8. The number of halogens is 1. The molecule has 0 fully saturated rings. The van der Waals surface area contributed by atoms with Gasteiger partial charge in [0.05, 0.1) is 18.9 Å². The van der Waals surface area contributed by atoms with Crippen LogP contribution in [-0.4, -0.2) is 23.7 Å². The first-order valence-electron chi connectivity index (χ1n) is 8.95. The number of ether oxygens (including phenoxy) is 1. The summed E-state index contributed by atoms with van der Waals surface area (Å²) in [6.07, 6.45) is 2.12. The predicted molar refractivity (Wildman–Crippen MR) is 97.6 cm³/mol. The van der Waals surface area contributed by atoms with E-state index in [-0.39, 0.29) is 23.7 Å². The molecule has 0 aromatic heterocycles. The second-order valence-corrected chi connectivity index (χ2v) is 6.75. The van der Waals surface area contributed by atoms with Gasteiger partial charge in [-0.25, -0.2) is 9.40 Å². The SMILES string of the molecule is CCC(=O)N1N=C2c3ccc(OC)cc3CCC2C1c1cccc(F)c1. The summed E-state index contributed by atoms with van der Waals surface area (Å²) >= 11 is 0. The standard InChI is InChI=1S/C21H21FN2O2/c1-3-19(25)24-21(14-5-4-6-15(22)11-14)18-9-7-13-12-16(26-2)8-10-17(13)20(18)23-24/h4-6,8,10-12,18,21H,3,7,9H2,1-2H3. The molecular weight excluding hydrogens is 331 g/mol.